The molecule has 0 saturated carbocycles. The molecule has 4 nitrogen and oxygen atoms in total. The van der Waals surface area contributed by atoms with Gasteiger partial charge in [-0.15, -0.1) is 0 Å². The summed E-state index contributed by atoms with van der Waals surface area (Å²) in [5, 5.41) is 1.04. The number of anilines is 1. The number of hydrogen-bond donors (Lipinski definition) is 1. The van der Waals surface area contributed by atoms with Crippen LogP contribution < -0.4 is 10.6 Å². The summed E-state index contributed by atoms with van der Waals surface area (Å²) < 4.78 is 5.15. The maximum atomic E-state index is 5.86. The van der Waals surface area contributed by atoms with E-state index in [0.29, 0.717) is 11.6 Å². The van der Waals surface area contributed by atoms with Crippen LogP contribution in [0.5, 0.6) is 0 Å². The summed E-state index contributed by atoms with van der Waals surface area (Å²) in [4.78, 5) is 7.22. The van der Waals surface area contributed by atoms with E-state index in [9.17, 15) is 0 Å². The van der Waals surface area contributed by atoms with Crippen molar-refractivity contribution in [2.45, 2.75) is 6.92 Å². The zero-order chi connectivity index (χ0) is 14.5. The fourth-order valence-electron chi connectivity index (χ4n) is 2.14. The van der Waals surface area contributed by atoms with E-state index in [1.165, 1.54) is 0 Å². The van der Waals surface area contributed by atoms with Crippen molar-refractivity contribution in [2.75, 3.05) is 31.7 Å². The first-order valence-electron chi connectivity index (χ1n) is 6.60. The molecule has 1 aromatic heterocycles. The van der Waals surface area contributed by atoms with E-state index in [1.54, 1.807) is 7.11 Å². The van der Waals surface area contributed by atoms with Gasteiger partial charge in [0.1, 0.15) is 10.8 Å². The van der Waals surface area contributed by atoms with Gasteiger partial charge >= 0.3 is 0 Å². The molecular weight excluding hydrogens is 270 g/mol. The Morgan fingerprint density at radius 2 is 2.15 bits per heavy atom. The third kappa shape index (κ3) is 3.05. The predicted octanol–water partition coefficient (Wildman–Crippen LogP) is 2.34. The van der Waals surface area contributed by atoms with Crippen LogP contribution >= 0.6 is 12.2 Å². The number of nitrogens with zero attached hydrogens (tertiary/aromatic N) is 2. The van der Waals surface area contributed by atoms with Crippen LogP contribution in [0.25, 0.3) is 10.9 Å². The van der Waals surface area contributed by atoms with Gasteiger partial charge < -0.3 is 15.4 Å². The topological polar surface area (TPSA) is 51.4 Å². The Hall–Kier alpha value is -1.72. The molecule has 2 rings (SSSR count). The van der Waals surface area contributed by atoms with Crippen molar-refractivity contribution in [3.8, 4) is 0 Å². The Kier molecular flexibility index (Phi) is 4.87. The molecule has 0 fully saturated rings. The highest BCUT2D eigenvalue weighted by molar-refractivity contribution is 7.80. The van der Waals surface area contributed by atoms with Gasteiger partial charge in [0, 0.05) is 25.6 Å². The van der Waals surface area contributed by atoms with Crippen LogP contribution in [0.15, 0.2) is 30.3 Å². The van der Waals surface area contributed by atoms with Crippen LogP contribution in [0, 0.1) is 0 Å². The summed E-state index contributed by atoms with van der Waals surface area (Å²) in [6, 6.07) is 9.97. The minimum absolute atomic E-state index is 0.370. The normalized spacial score (nSPS) is 10.7. The lowest BCUT2D eigenvalue weighted by Gasteiger charge is -2.24. The highest BCUT2D eigenvalue weighted by atomic mass is 32.1. The summed E-state index contributed by atoms with van der Waals surface area (Å²) in [5.74, 6) is 0.829. The Morgan fingerprint density at radius 1 is 1.40 bits per heavy atom. The largest absolute Gasteiger partial charge is 0.389 e. The van der Waals surface area contributed by atoms with Crippen molar-refractivity contribution in [2.24, 2.45) is 5.73 Å². The molecule has 0 amide bonds. The maximum absolute atomic E-state index is 5.86. The van der Waals surface area contributed by atoms with Crippen LogP contribution in [0.2, 0.25) is 0 Å². The smallest absolute Gasteiger partial charge is 0.139 e. The Labute approximate surface area is 124 Å². The number of nitrogens with two attached hydrogens (primary N) is 1. The Bertz CT molecular complexity index is 615. The lowest BCUT2D eigenvalue weighted by atomic mass is 10.1. The number of thiocarbonyl (C=S) groups is 1. The molecule has 2 aromatic rings. The highest BCUT2D eigenvalue weighted by Crippen LogP contribution is 2.23. The molecule has 2 N–H and O–H groups in total. The summed E-state index contributed by atoms with van der Waals surface area (Å²) in [7, 11) is 1.69. The number of hydrogen-bond acceptors (Lipinski definition) is 4. The average Bonchev–Trinajstić information content (AvgIpc) is 2.47. The van der Waals surface area contributed by atoms with E-state index in [4.69, 9.17) is 27.7 Å². The average molecular weight is 289 g/mol. The number of benzene rings is 1. The van der Waals surface area contributed by atoms with E-state index in [1.807, 2.05) is 30.3 Å². The molecule has 20 heavy (non-hydrogen) atoms. The highest BCUT2D eigenvalue weighted by Gasteiger charge is 2.14. The van der Waals surface area contributed by atoms with E-state index in [2.05, 4.69) is 11.8 Å². The molecular formula is C15H19N3OS. The maximum Gasteiger partial charge on any atom is 0.139 e. The van der Waals surface area contributed by atoms with Gasteiger partial charge in [0.2, 0.25) is 0 Å². The Morgan fingerprint density at radius 3 is 2.80 bits per heavy atom. The fourth-order valence-corrected chi connectivity index (χ4v) is 2.29. The molecule has 0 aliphatic carbocycles. The molecule has 0 aliphatic heterocycles. The van der Waals surface area contributed by atoms with E-state index in [-0.39, 0.29) is 0 Å². The lowest BCUT2D eigenvalue weighted by molar-refractivity contribution is 0.205. The van der Waals surface area contributed by atoms with Crippen molar-refractivity contribution in [1.82, 2.24) is 4.98 Å². The molecule has 5 heteroatoms. The quantitative estimate of drug-likeness (QED) is 0.827. The van der Waals surface area contributed by atoms with Crippen molar-refractivity contribution >= 4 is 33.9 Å². The van der Waals surface area contributed by atoms with Gasteiger partial charge in [0.05, 0.1) is 17.7 Å². The van der Waals surface area contributed by atoms with Crippen LogP contribution in [-0.2, 0) is 4.74 Å². The SMILES string of the molecule is CCN(CCOC)c1nc2ccccc2cc1C(N)=S. The van der Waals surface area contributed by atoms with E-state index in [0.717, 1.165) is 35.4 Å². The number of methoxy groups -OCH3 is 1. The van der Waals surface area contributed by atoms with Gasteiger partial charge in [-0.1, -0.05) is 30.4 Å². The number of para-hydroxylation sites is 1. The van der Waals surface area contributed by atoms with Gasteiger partial charge in [0.25, 0.3) is 0 Å². The van der Waals surface area contributed by atoms with Crippen molar-refractivity contribution < 1.29 is 4.74 Å². The fraction of sp³-hybridized carbons (Fsp3) is 0.333. The molecule has 106 valence electrons. The molecule has 1 heterocycles. The molecule has 0 unspecified atom stereocenters. The molecule has 0 aliphatic rings. The third-order valence-electron chi connectivity index (χ3n) is 3.22. The number of likely N-dealkylation sites (N-methyl/N-ethyl adjacent to an activating group) is 1. The second-order valence-electron chi connectivity index (χ2n) is 4.49. The first kappa shape index (κ1) is 14.7. The van der Waals surface area contributed by atoms with E-state index >= 15 is 0 Å². The molecule has 0 bridgehead atoms. The number of rotatable bonds is 6. The minimum Gasteiger partial charge on any atom is -0.389 e. The second kappa shape index (κ2) is 6.63. The first-order valence-corrected chi connectivity index (χ1v) is 7.01. The number of fused-ring (bicyclic) bond motifs is 1. The number of pyridine rings is 1. The van der Waals surface area contributed by atoms with Gasteiger partial charge in [-0.05, 0) is 19.1 Å². The number of aromatic nitrogens is 1. The second-order valence-corrected chi connectivity index (χ2v) is 4.93. The Balaban J connectivity index is 2.53. The summed E-state index contributed by atoms with van der Waals surface area (Å²) >= 11 is 5.17. The zero-order valence-corrected chi connectivity index (χ0v) is 12.6. The van der Waals surface area contributed by atoms with Gasteiger partial charge in [0.15, 0.2) is 0 Å². The van der Waals surface area contributed by atoms with Crippen molar-refractivity contribution in [1.29, 1.82) is 0 Å². The molecule has 1 aromatic carbocycles. The van der Waals surface area contributed by atoms with Crippen molar-refractivity contribution in [3.63, 3.8) is 0 Å². The van der Waals surface area contributed by atoms with Gasteiger partial charge in [-0.3, -0.25) is 0 Å². The molecule has 0 saturated heterocycles. The van der Waals surface area contributed by atoms with Crippen molar-refractivity contribution in [3.05, 3.63) is 35.9 Å². The molecule has 0 spiro atoms. The predicted molar refractivity (Wildman–Crippen MR) is 87.4 cm³/mol. The first-order chi connectivity index (χ1) is 9.67. The number of ether oxygens (including phenoxy) is 1. The van der Waals surface area contributed by atoms with Crippen LogP contribution in [0.1, 0.15) is 12.5 Å². The molecule has 0 atom stereocenters. The van der Waals surface area contributed by atoms with Gasteiger partial charge in [-0.25, -0.2) is 4.98 Å². The minimum atomic E-state index is 0.370. The van der Waals surface area contributed by atoms with Gasteiger partial charge in [-0.2, -0.15) is 0 Å². The third-order valence-corrected chi connectivity index (χ3v) is 3.44. The monoisotopic (exact) mass is 289 g/mol. The van der Waals surface area contributed by atoms with Crippen LogP contribution in [-0.4, -0.2) is 36.8 Å². The molecule has 0 radical (unpaired) electrons. The standard InChI is InChI=1S/C15H19N3OS/c1-3-18(8-9-19-2)15-12(14(16)20)10-11-6-4-5-7-13(11)17-15/h4-7,10H,3,8-9H2,1-2H3,(H2,16,20). The lowest BCUT2D eigenvalue weighted by Crippen LogP contribution is -2.30. The van der Waals surface area contributed by atoms with E-state index < -0.39 is 0 Å². The van der Waals surface area contributed by atoms with Crippen LogP contribution in [0.3, 0.4) is 0 Å². The summed E-state index contributed by atoms with van der Waals surface area (Å²) in [6.45, 7) is 4.30. The van der Waals surface area contributed by atoms with Crippen LogP contribution in [0.4, 0.5) is 5.82 Å². The zero-order valence-electron chi connectivity index (χ0n) is 11.8. The summed E-state index contributed by atoms with van der Waals surface area (Å²) in [5.41, 5.74) is 7.62. The summed E-state index contributed by atoms with van der Waals surface area (Å²) in [6.07, 6.45) is 0.